The monoisotopic (exact) mass is 180 g/mol. The molecule has 1 aliphatic rings. The van der Waals surface area contributed by atoms with Crippen LogP contribution in [0.4, 0.5) is 17.6 Å². The first-order valence-corrected chi connectivity index (χ1v) is 3.48. The zero-order valence-corrected chi connectivity index (χ0v) is 6.67. The van der Waals surface area contributed by atoms with Gasteiger partial charge in [-0.15, -0.1) is 0 Å². The van der Waals surface area contributed by atoms with Crippen LogP contribution in [0.2, 0.25) is 0 Å². The number of rotatable bonds is 0. The Morgan fingerprint density at radius 3 is 1.33 bits per heavy atom. The molecule has 1 aliphatic carbocycles. The molecule has 0 bridgehead atoms. The van der Waals surface area contributed by atoms with E-state index in [9.17, 15) is 17.6 Å². The lowest BCUT2D eigenvalue weighted by atomic mass is 9.95. The van der Waals surface area contributed by atoms with E-state index < -0.39 is 35.1 Å². The van der Waals surface area contributed by atoms with Crippen LogP contribution in [0.25, 0.3) is 0 Å². The first kappa shape index (κ1) is 9.29. The minimum absolute atomic E-state index is 0.509. The van der Waals surface area contributed by atoms with E-state index in [0.29, 0.717) is 0 Å². The van der Waals surface area contributed by atoms with E-state index in [1.54, 1.807) is 0 Å². The third kappa shape index (κ3) is 1.15. The maximum absolute atomic E-state index is 12.8. The van der Waals surface area contributed by atoms with Crippen LogP contribution in [-0.2, 0) is 0 Å². The molecule has 1 rings (SSSR count). The summed E-state index contributed by atoms with van der Waals surface area (Å²) in [5, 5.41) is 0. The Balaban J connectivity index is 3.18. The Hall–Kier alpha value is -0.800. The zero-order valence-electron chi connectivity index (χ0n) is 6.67. The Bertz CT molecular complexity index is 236. The van der Waals surface area contributed by atoms with Gasteiger partial charge in [0.2, 0.25) is 0 Å². The molecular weight excluding hydrogens is 172 g/mol. The van der Waals surface area contributed by atoms with E-state index >= 15 is 0 Å². The molecule has 2 unspecified atom stereocenters. The van der Waals surface area contributed by atoms with Crippen molar-refractivity contribution < 1.29 is 17.6 Å². The lowest BCUT2D eigenvalue weighted by Crippen LogP contribution is -2.25. The second kappa shape index (κ2) is 2.92. The Labute approximate surface area is 67.6 Å². The van der Waals surface area contributed by atoms with Crippen molar-refractivity contribution in [3.05, 3.63) is 22.8 Å². The SMILES string of the molecule is CC1=C(F)C(F)=C(C)C(F)C1F. The average Bonchev–Trinajstić information content (AvgIpc) is 2.08. The molecule has 0 radical (unpaired) electrons. The lowest BCUT2D eigenvalue weighted by Gasteiger charge is -2.20. The van der Waals surface area contributed by atoms with Crippen molar-refractivity contribution in [2.75, 3.05) is 0 Å². The average molecular weight is 180 g/mol. The molecule has 4 heteroatoms. The highest BCUT2D eigenvalue weighted by Gasteiger charge is 2.34. The van der Waals surface area contributed by atoms with E-state index in [0.717, 1.165) is 13.8 Å². The molecule has 0 fully saturated rings. The predicted molar refractivity (Wildman–Crippen MR) is 37.4 cm³/mol. The standard InChI is InChI=1S/C8H8F4/c1-3-5(9)7(11)4(2)8(12)6(3)10/h5,7H,1-2H3. The van der Waals surface area contributed by atoms with Gasteiger partial charge in [-0.05, 0) is 13.8 Å². The first-order chi connectivity index (χ1) is 5.46. The van der Waals surface area contributed by atoms with Gasteiger partial charge >= 0.3 is 0 Å². The van der Waals surface area contributed by atoms with Crippen LogP contribution < -0.4 is 0 Å². The summed E-state index contributed by atoms with van der Waals surface area (Å²) in [7, 11) is 0. The lowest BCUT2D eigenvalue weighted by molar-refractivity contribution is 0.210. The quantitative estimate of drug-likeness (QED) is 0.502. The molecule has 0 aromatic carbocycles. The second-order valence-corrected chi connectivity index (χ2v) is 2.80. The Kier molecular flexibility index (Phi) is 2.26. The van der Waals surface area contributed by atoms with Crippen molar-refractivity contribution in [1.29, 1.82) is 0 Å². The molecule has 2 atom stereocenters. The van der Waals surface area contributed by atoms with Crippen molar-refractivity contribution in [3.8, 4) is 0 Å². The fourth-order valence-electron chi connectivity index (χ4n) is 1.03. The van der Waals surface area contributed by atoms with Crippen LogP contribution in [-0.4, -0.2) is 12.3 Å². The number of allylic oxidation sites excluding steroid dienone is 4. The third-order valence-corrected chi connectivity index (χ3v) is 1.97. The van der Waals surface area contributed by atoms with Gasteiger partial charge in [0.25, 0.3) is 0 Å². The fraction of sp³-hybridized carbons (Fsp3) is 0.500. The highest BCUT2D eigenvalue weighted by atomic mass is 19.2. The van der Waals surface area contributed by atoms with E-state index in [-0.39, 0.29) is 0 Å². The smallest absolute Gasteiger partial charge is 0.160 e. The van der Waals surface area contributed by atoms with Gasteiger partial charge in [0.05, 0.1) is 0 Å². The molecule has 0 N–H and O–H groups in total. The highest BCUT2D eigenvalue weighted by molar-refractivity contribution is 5.38. The first-order valence-electron chi connectivity index (χ1n) is 3.48. The van der Waals surface area contributed by atoms with E-state index in [1.165, 1.54) is 0 Å². The van der Waals surface area contributed by atoms with Gasteiger partial charge in [-0.1, -0.05) is 0 Å². The molecule has 0 nitrogen and oxygen atoms in total. The van der Waals surface area contributed by atoms with Crippen molar-refractivity contribution in [3.63, 3.8) is 0 Å². The molecular formula is C8H8F4. The molecule has 0 saturated heterocycles. The molecule has 12 heavy (non-hydrogen) atoms. The predicted octanol–water partition coefficient (Wildman–Crippen LogP) is 3.16. The fourth-order valence-corrected chi connectivity index (χ4v) is 1.03. The number of hydrogen-bond donors (Lipinski definition) is 0. The molecule has 0 aliphatic heterocycles. The van der Waals surface area contributed by atoms with Gasteiger partial charge in [0.1, 0.15) is 0 Å². The maximum Gasteiger partial charge on any atom is 0.160 e. The van der Waals surface area contributed by atoms with Gasteiger partial charge in [0.15, 0.2) is 24.0 Å². The summed E-state index contributed by atoms with van der Waals surface area (Å²) >= 11 is 0. The molecule has 0 spiro atoms. The number of hydrogen-bond acceptors (Lipinski definition) is 0. The maximum atomic E-state index is 12.8. The number of halogens is 4. The minimum atomic E-state index is -2.05. The van der Waals surface area contributed by atoms with Crippen LogP contribution in [0.1, 0.15) is 13.8 Å². The Morgan fingerprint density at radius 1 is 0.833 bits per heavy atom. The summed E-state index contributed by atoms with van der Waals surface area (Å²) < 4.78 is 50.9. The molecule has 0 aromatic rings. The summed E-state index contributed by atoms with van der Waals surface area (Å²) in [4.78, 5) is 0. The van der Waals surface area contributed by atoms with Crippen molar-refractivity contribution >= 4 is 0 Å². The van der Waals surface area contributed by atoms with Crippen molar-refractivity contribution in [2.24, 2.45) is 0 Å². The second-order valence-electron chi connectivity index (χ2n) is 2.80. The van der Waals surface area contributed by atoms with Gasteiger partial charge in [-0.25, -0.2) is 17.6 Å². The number of alkyl halides is 2. The summed E-state index contributed by atoms with van der Waals surface area (Å²) in [5.41, 5.74) is -1.02. The summed E-state index contributed by atoms with van der Waals surface area (Å²) in [5.74, 6) is -2.54. The molecule has 68 valence electrons. The van der Waals surface area contributed by atoms with Gasteiger partial charge in [-0.2, -0.15) is 0 Å². The molecule has 0 saturated carbocycles. The minimum Gasteiger partial charge on any atom is -0.239 e. The molecule has 0 heterocycles. The van der Waals surface area contributed by atoms with Gasteiger partial charge in [0, 0.05) is 11.1 Å². The van der Waals surface area contributed by atoms with Crippen LogP contribution in [0.3, 0.4) is 0 Å². The molecule has 0 aromatic heterocycles. The van der Waals surface area contributed by atoms with Crippen LogP contribution in [0.15, 0.2) is 22.8 Å². The van der Waals surface area contributed by atoms with Crippen LogP contribution >= 0.6 is 0 Å². The van der Waals surface area contributed by atoms with E-state index in [4.69, 9.17) is 0 Å². The summed E-state index contributed by atoms with van der Waals surface area (Å²) in [6.45, 7) is 2.08. The van der Waals surface area contributed by atoms with E-state index in [1.807, 2.05) is 0 Å². The van der Waals surface area contributed by atoms with Gasteiger partial charge < -0.3 is 0 Å². The molecule has 0 amide bonds. The zero-order chi connectivity index (χ0) is 9.46. The van der Waals surface area contributed by atoms with Crippen molar-refractivity contribution in [2.45, 2.75) is 26.2 Å². The summed E-state index contributed by atoms with van der Waals surface area (Å²) in [6, 6.07) is 0. The van der Waals surface area contributed by atoms with E-state index in [2.05, 4.69) is 0 Å². The largest absolute Gasteiger partial charge is 0.239 e. The topological polar surface area (TPSA) is 0 Å². The van der Waals surface area contributed by atoms with Crippen LogP contribution in [0, 0.1) is 0 Å². The normalized spacial score (nSPS) is 31.5. The third-order valence-electron chi connectivity index (χ3n) is 1.97. The van der Waals surface area contributed by atoms with Gasteiger partial charge in [-0.3, -0.25) is 0 Å². The Morgan fingerprint density at radius 2 is 1.08 bits per heavy atom. The van der Waals surface area contributed by atoms with Crippen molar-refractivity contribution in [1.82, 2.24) is 0 Å². The van der Waals surface area contributed by atoms with Crippen LogP contribution in [0.5, 0.6) is 0 Å². The highest BCUT2D eigenvalue weighted by Crippen LogP contribution is 2.35. The summed E-state index contributed by atoms with van der Waals surface area (Å²) in [6.07, 6.45) is -4.10.